The van der Waals surface area contributed by atoms with Crippen LogP contribution in [-0.2, 0) is 0 Å². The third-order valence-corrected chi connectivity index (χ3v) is 4.60. The van der Waals surface area contributed by atoms with Gasteiger partial charge in [-0.25, -0.2) is 9.50 Å². The Kier molecular flexibility index (Phi) is 4.80. The van der Waals surface area contributed by atoms with Gasteiger partial charge in [-0.05, 0) is 31.5 Å². The second kappa shape index (κ2) is 7.32. The summed E-state index contributed by atoms with van der Waals surface area (Å²) in [6.07, 6.45) is 1.70. The lowest BCUT2D eigenvalue weighted by molar-refractivity contribution is -0.149. The number of carbonyl (C=O) groups excluding carboxylic acids is 1. The van der Waals surface area contributed by atoms with Crippen LogP contribution in [0.2, 0.25) is 0 Å². The minimum absolute atomic E-state index is 0.0441. The molecule has 0 spiro atoms. The Hall–Kier alpha value is -3.63. The van der Waals surface area contributed by atoms with Gasteiger partial charge in [0.2, 0.25) is 0 Å². The predicted octanol–water partition coefficient (Wildman–Crippen LogP) is 3.35. The number of halogens is 3. The first-order chi connectivity index (χ1) is 14.3. The molecule has 0 radical (unpaired) electrons. The maximum absolute atomic E-state index is 12.8. The Morgan fingerprint density at radius 3 is 2.90 bits per heavy atom. The number of hydrogen-bond donors (Lipinski definition) is 2. The van der Waals surface area contributed by atoms with Crippen LogP contribution in [-0.4, -0.2) is 49.3 Å². The van der Waals surface area contributed by atoms with Crippen molar-refractivity contribution < 1.29 is 22.7 Å². The number of aromatic amines is 1. The van der Waals surface area contributed by atoms with Gasteiger partial charge in [-0.2, -0.15) is 23.3 Å². The number of ether oxygens (including phenoxy) is 1. The van der Waals surface area contributed by atoms with E-state index in [1.54, 1.807) is 30.7 Å². The van der Waals surface area contributed by atoms with Crippen LogP contribution in [0.3, 0.4) is 0 Å². The predicted molar refractivity (Wildman–Crippen MR) is 102 cm³/mol. The zero-order valence-electron chi connectivity index (χ0n) is 16.0. The topological polar surface area (TPSA) is 97.2 Å². The number of fused-ring (bicyclic) bond motifs is 2. The summed E-state index contributed by atoms with van der Waals surface area (Å²) in [6, 6.07) is 1.73. The molecular weight excluding hydrogens is 401 g/mol. The molecule has 2 N–H and O–H groups in total. The summed E-state index contributed by atoms with van der Waals surface area (Å²) in [7, 11) is 0. The highest BCUT2D eigenvalue weighted by atomic mass is 19.4. The lowest BCUT2D eigenvalue weighted by Gasteiger charge is -2.16. The molecule has 0 saturated heterocycles. The van der Waals surface area contributed by atoms with Crippen LogP contribution in [0.25, 0.3) is 27.7 Å². The zero-order chi connectivity index (χ0) is 21.5. The first-order valence-corrected chi connectivity index (χ1v) is 9.10. The minimum Gasteiger partial charge on any atom is -0.464 e. The number of pyridine rings is 1. The van der Waals surface area contributed by atoms with Crippen molar-refractivity contribution in [1.82, 2.24) is 29.9 Å². The van der Waals surface area contributed by atoms with E-state index in [2.05, 4.69) is 20.1 Å². The van der Waals surface area contributed by atoms with Crippen molar-refractivity contribution in [3.63, 3.8) is 0 Å². The van der Waals surface area contributed by atoms with E-state index in [9.17, 15) is 18.0 Å². The average molecular weight is 418 g/mol. The molecule has 0 unspecified atom stereocenters. The van der Waals surface area contributed by atoms with Gasteiger partial charge in [-0.15, -0.1) is 0 Å². The molecule has 0 aromatic carbocycles. The molecule has 0 aliphatic rings. The van der Waals surface area contributed by atoms with Gasteiger partial charge in [0.15, 0.2) is 0 Å². The molecular formula is C19H17F3N6O2. The third kappa shape index (κ3) is 3.53. The highest BCUT2D eigenvalue weighted by molar-refractivity contribution is 6.02. The largest absolute Gasteiger partial charge is 0.464 e. The van der Waals surface area contributed by atoms with Crippen molar-refractivity contribution in [1.29, 1.82) is 0 Å². The third-order valence-electron chi connectivity index (χ3n) is 4.60. The second-order valence-corrected chi connectivity index (χ2v) is 6.59. The van der Waals surface area contributed by atoms with E-state index in [0.29, 0.717) is 17.8 Å². The molecule has 0 saturated carbocycles. The van der Waals surface area contributed by atoms with Crippen LogP contribution in [0.15, 0.2) is 36.9 Å². The molecule has 1 atom stereocenters. The van der Waals surface area contributed by atoms with E-state index in [1.807, 2.05) is 12.2 Å². The molecule has 11 heteroatoms. The van der Waals surface area contributed by atoms with E-state index >= 15 is 0 Å². The zero-order valence-corrected chi connectivity index (χ0v) is 16.0. The van der Waals surface area contributed by atoms with Crippen LogP contribution in [0, 0.1) is 0 Å². The van der Waals surface area contributed by atoms with E-state index in [0.717, 1.165) is 23.4 Å². The number of H-pyrrole nitrogens is 1. The highest BCUT2D eigenvalue weighted by Gasteiger charge is 2.37. The number of hydrogen-bond acceptors (Lipinski definition) is 5. The Balaban J connectivity index is 1.71. The summed E-state index contributed by atoms with van der Waals surface area (Å²) in [5, 5.41) is 6.75. The maximum atomic E-state index is 12.8. The molecule has 0 aliphatic carbocycles. The lowest BCUT2D eigenvalue weighted by atomic mass is 10.1. The van der Waals surface area contributed by atoms with Gasteiger partial charge < -0.3 is 15.0 Å². The van der Waals surface area contributed by atoms with E-state index in [-0.39, 0.29) is 11.6 Å². The number of aromatic nitrogens is 5. The Morgan fingerprint density at radius 2 is 2.17 bits per heavy atom. The number of nitrogens with zero attached hydrogens (tertiary/aromatic N) is 4. The summed E-state index contributed by atoms with van der Waals surface area (Å²) < 4.78 is 45.1. The van der Waals surface area contributed by atoms with Crippen molar-refractivity contribution >= 4 is 22.5 Å². The Morgan fingerprint density at radius 1 is 1.37 bits per heavy atom. The summed E-state index contributed by atoms with van der Waals surface area (Å²) in [5.41, 5.74) is 2.49. The number of nitrogens with one attached hydrogen (secondary N) is 2. The van der Waals surface area contributed by atoms with Crippen LogP contribution in [0.5, 0.6) is 6.01 Å². The van der Waals surface area contributed by atoms with Crippen LogP contribution in [0.4, 0.5) is 13.2 Å². The summed E-state index contributed by atoms with van der Waals surface area (Å²) in [5.74, 6) is -0.851. The molecule has 8 nitrogen and oxygen atoms in total. The van der Waals surface area contributed by atoms with E-state index in [1.165, 1.54) is 10.7 Å². The SMILES string of the molecule is CCOc1ncc2c(-c3ccn4ncc(C(=O)N[C@H](C)C(F)(F)F)c4c3)c[nH]c2n1. The van der Waals surface area contributed by atoms with Crippen molar-refractivity contribution in [2.45, 2.75) is 26.1 Å². The quantitative estimate of drug-likeness (QED) is 0.518. The fraction of sp³-hybridized carbons (Fsp3) is 0.263. The molecule has 4 rings (SSSR count). The van der Waals surface area contributed by atoms with Crippen molar-refractivity contribution in [2.75, 3.05) is 6.61 Å². The fourth-order valence-corrected chi connectivity index (χ4v) is 3.01. The van der Waals surface area contributed by atoms with Crippen LogP contribution in [0.1, 0.15) is 24.2 Å². The van der Waals surface area contributed by atoms with Gasteiger partial charge in [-0.3, -0.25) is 4.79 Å². The minimum atomic E-state index is -4.53. The number of carbonyl (C=O) groups is 1. The van der Waals surface area contributed by atoms with Gasteiger partial charge in [-0.1, -0.05) is 0 Å². The maximum Gasteiger partial charge on any atom is 0.408 e. The van der Waals surface area contributed by atoms with Gasteiger partial charge in [0.25, 0.3) is 5.91 Å². The molecule has 0 aliphatic heterocycles. The summed E-state index contributed by atoms with van der Waals surface area (Å²) in [4.78, 5) is 23.9. The number of alkyl halides is 3. The smallest absolute Gasteiger partial charge is 0.408 e. The Bertz CT molecular complexity index is 1230. The molecule has 0 fully saturated rings. The van der Waals surface area contributed by atoms with Crippen LogP contribution >= 0.6 is 0 Å². The van der Waals surface area contributed by atoms with E-state index in [4.69, 9.17) is 4.74 Å². The monoisotopic (exact) mass is 418 g/mol. The van der Waals surface area contributed by atoms with Crippen molar-refractivity contribution in [3.05, 3.63) is 42.5 Å². The average Bonchev–Trinajstić information content (AvgIpc) is 3.30. The second-order valence-electron chi connectivity index (χ2n) is 6.59. The highest BCUT2D eigenvalue weighted by Crippen LogP contribution is 2.29. The molecule has 4 aromatic heterocycles. The fourth-order valence-electron chi connectivity index (χ4n) is 3.01. The van der Waals surface area contributed by atoms with Gasteiger partial charge in [0, 0.05) is 29.5 Å². The van der Waals surface area contributed by atoms with Crippen molar-refractivity contribution in [2.24, 2.45) is 0 Å². The number of amides is 1. The molecule has 30 heavy (non-hydrogen) atoms. The molecule has 4 aromatic rings. The standard InChI is InChI=1S/C19H17F3N6O2/c1-3-30-18-24-8-13-12(7-23-16(13)27-18)11-4-5-28-15(6-11)14(9-25-28)17(29)26-10(2)19(20,21)22/h4-10H,3H2,1-2H3,(H,26,29)(H,23,24,27)/t10-/m1/s1. The summed E-state index contributed by atoms with van der Waals surface area (Å²) >= 11 is 0. The summed E-state index contributed by atoms with van der Waals surface area (Å²) in [6.45, 7) is 3.16. The molecule has 156 valence electrons. The molecule has 1 amide bonds. The normalized spacial score (nSPS) is 13.0. The molecule has 4 heterocycles. The van der Waals surface area contributed by atoms with Gasteiger partial charge in [0.1, 0.15) is 11.7 Å². The first kappa shape index (κ1) is 19.7. The van der Waals surface area contributed by atoms with Crippen molar-refractivity contribution in [3.8, 4) is 17.1 Å². The van der Waals surface area contributed by atoms with Gasteiger partial charge >= 0.3 is 12.2 Å². The first-order valence-electron chi connectivity index (χ1n) is 9.10. The Labute approximate surface area is 168 Å². The van der Waals surface area contributed by atoms with Crippen LogP contribution < -0.4 is 10.1 Å². The lowest BCUT2D eigenvalue weighted by Crippen LogP contribution is -2.43. The van der Waals surface area contributed by atoms with E-state index < -0.39 is 18.1 Å². The van der Waals surface area contributed by atoms with Gasteiger partial charge in [0.05, 0.1) is 23.9 Å². The molecule has 0 bridgehead atoms. The number of rotatable bonds is 5.